The third-order valence-electron chi connectivity index (χ3n) is 3.94. The first kappa shape index (κ1) is 14.8. The van der Waals surface area contributed by atoms with Crippen molar-refractivity contribution in [1.29, 1.82) is 0 Å². The van der Waals surface area contributed by atoms with E-state index in [0.29, 0.717) is 23.4 Å². The number of thioether (sulfide) groups is 1. The van der Waals surface area contributed by atoms with E-state index < -0.39 is 0 Å². The minimum absolute atomic E-state index is 0.219. The van der Waals surface area contributed by atoms with E-state index in [1.807, 2.05) is 24.3 Å². The molecule has 1 aromatic heterocycles. The monoisotopic (exact) mass is 335 g/mol. The standard InChI is InChI=1S/C18H13N3O2S/c22-17-12-5-1-2-6-13(12)18(23)21(17)9-10-24-16-14-7-3-4-8-15(14)19-11-20-16/h1-8,11H,9-10H2. The minimum atomic E-state index is -0.219. The Balaban J connectivity index is 1.49. The number of carbonyl (C=O) groups excluding carboxylic acids is 2. The molecule has 24 heavy (non-hydrogen) atoms. The molecule has 0 radical (unpaired) electrons. The Labute approximate surface area is 142 Å². The van der Waals surface area contributed by atoms with Gasteiger partial charge in [-0.3, -0.25) is 14.5 Å². The number of hydrogen-bond acceptors (Lipinski definition) is 5. The fourth-order valence-electron chi connectivity index (χ4n) is 2.77. The average molecular weight is 335 g/mol. The zero-order valence-corrected chi connectivity index (χ0v) is 13.5. The third kappa shape index (κ3) is 2.45. The van der Waals surface area contributed by atoms with E-state index in [1.54, 1.807) is 24.3 Å². The van der Waals surface area contributed by atoms with Crippen LogP contribution in [0.5, 0.6) is 0 Å². The van der Waals surface area contributed by atoms with E-state index in [1.165, 1.54) is 23.0 Å². The zero-order chi connectivity index (χ0) is 16.5. The molecule has 0 saturated heterocycles. The van der Waals surface area contributed by atoms with Gasteiger partial charge < -0.3 is 0 Å². The van der Waals surface area contributed by atoms with Crippen molar-refractivity contribution in [1.82, 2.24) is 14.9 Å². The van der Waals surface area contributed by atoms with Gasteiger partial charge in [0.15, 0.2) is 0 Å². The molecule has 5 nitrogen and oxygen atoms in total. The topological polar surface area (TPSA) is 63.2 Å². The van der Waals surface area contributed by atoms with E-state index in [-0.39, 0.29) is 11.8 Å². The summed E-state index contributed by atoms with van der Waals surface area (Å²) in [6.07, 6.45) is 1.53. The van der Waals surface area contributed by atoms with E-state index >= 15 is 0 Å². The van der Waals surface area contributed by atoms with Crippen molar-refractivity contribution in [2.75, 3.05) is 12.3 Å². The van der Waals surface area contributed by atoms with Gasteiger partial charge >= 0.3 is 0 Å². The molecule has 1 aliphatic rings. The number of aromatic nitrogens is 2. The van der Waals surface area contributed by atoms with Gasteiger partial charge in [0.2, 0.25) is 0 Å². The second-order valence-electron chi connectivity index (χ2n) is 5.35. The molecule has 4 rings (SSSR count). The van der Waals surface area contributed by atoms with Crippen molar-refractivity contribution in [2.45, 2.75) is 5.03 Å². The second kappa shape index (κ2) is 6.05. The van der Waals surface area contributed by atoms with Crippen molar-refractivity contribution in [3.63, 3.8) is 0 Å². The lowest BCUT2D eigenvalue weighted by atomic mass is 10.1. The number of imide groups is 1. The molecule has 0 atom stereocenters. The Bertz CT molecular complexity index is 917. The summed E-state index contributed by atoms with van der Waals surface area (Å²) < 4.78 is 0. The molecular formula is C18H13N3O2S. The van der Waals surface area contributed by atoms with Crippen LogP contribution in [0.4, 0.5) is 0 Å². The molecule has 3 aromatic rings. The molecule has 0 bridgehead atoms. The highest BCUT2D eigenvalue weighted by Gasteiger charge is 2.34. The molecule has 0 saturated carbocycles. The Morgan fingerprint density at radius 3 is 2.29 bits per heavy atom. The normalized spacial score (nSPS) is 13.6. The van der Waals surface area contributed by atoms with Crippen LogP contribution in [0.15, 0.2) is 59.9 Å². The number of fused-ring (bicyclic) bond motifs is 2. The van der Waals surface area contributed by atoms with Crippen LogP contribution in [0.1, 0.15) is 20.7 Å². The van der Waals surface area contributed by atoms with Crippen molar-refractivity contribution in [3.8, 4) is 0 Å². The van der Waals surface area contributed by atoms with Crippen LogP contribution in [0.25, 0.3) is 10.9 Å². The van der Waals surface area contributed by atoms with Gasteiger partial charge in [0, 0.05) is 17.7 Å². The number of benzene rings is 2. The van der Waals surface area contributed by atoms with Crippen LogP contribution in [-0.4, -0.2) is 39.0 Å². The highest BCUT2D eigenvalue weighted by molar-refractivity contribution is 7.99. The lowest BCUT2D eigenvalue weighted by Crippen LogP contribution is -2.31. The fraction of sp³-hybridized carbons (Fsp3) is 0.111. The first-order valence-electron chi connectivity index (χ1n) is 7.53. The Morgan fingerprint density at radius 1 is 0.875 bits per heavy atom. The predicted molar refractivity (Wildman–Crippen MR) is 92.1 cm³/mol. The van der Waals surface area contributed by atoms with Crippen LogP contribution in [-0.2, 0) is 0 Å². The van der Waals surface area contributed by atoms with Crippen LogP contribution >= 0.6 is 11.8 Å². The summed E-state index contributed by atoms with van der Waals surface area (Å²) in [7, 11) is 0. The Kier molecular flexibility index (Phi) is 3.74. The molecule has 2 amide bonds. The number of hydrogen-bond donors (Lipinski definition) is 0. The van der Waals surface area contributed by atoms with Gasteiger partial charge in [0.05, 0.1) is 16.6 Å². The number of carbonyl (C=O) groups is 2. The van der Waals surface area contributed by atoms with Gasteiger partial charge in [-0.05, 0) is 18.2 Å². The first-order chi connectivity index (χ1) is 11.8. The highest BCUT2D eigenvalue weighted by atomic mass is 32.2. The zero-order valence-electron chi connectivity index (χ0n) is 12.7. The van der Waals surface area contributed by atoms with Crippen LogP contribution in [0.3, 0.4) is 0 Å². The minimum Gasteiger partial charge on any atom is -0.273 e. The summed E-state index contributed by atoms with van der Waals surface area (Å²) >= 11 is 1.52. The number of para-hydroxylation sites is 1. The molecule has 2 heterocycles. The van der Waals surface area contributed by atoms with E-state index in [0.717, 1.165) is 15.9 Å². The van der Waals surface area contributed by atoms with Crippen molar-refractivity contribution in [3.05, 3.63) is 66.0 Å². The van der Waals surface area contributed by atoms with Crippen LogP contribution in [0.2, 0.25) is 0 Å². The molecular weight excluding hydrogens is 322 g/mol. The summed E-state index contributed by atoms with van der Waals surface area (Å²) in [6, 6.07) is 14.7. The van der Waals surface area contributed by atoms with Gasteiger partial charge in [0.1, 0.15) is 11.4 Å². The van der Waals surface area contributed by atoms with Gasteiger partial charge in [-0.15, -0.1) is 11.8 Å². The lowest BCUT2D eigenvalue weighted by Gasteiger charge is -2.13. The molecule has 2 aromatic carbocycles. The number of amides is 2. The Morgan fingerprint density at radius 2 is 1.54 bits per heavy atom. The van der Waals surface area contributed by atoms with E-state index in [9.17, 15) is 9.59 Å². The quantitative estimate of drug-likeness (QED) is 0.417. The van der Waals surface area contributed by atoms with E-state index in [4.69, 9.17) is 0 Å². The molecule has 0 spiro atoms. The Hall–Kier alpha value is -2.73. The van der Waals surface area contributed by atoms with Gasteiger partial charge in [0.25, 0.3) is 11.8 Å². The maximum Gasteiger partial charge on any atom is 0.261 e. The smallest absolute Gasteiger partial charge is 0.261 e. The molecule has 0 aliphatic carbocycles. The molecule has 118 valence electrons. The second-order valence-corrected chi connectivity index (χ2v) is 6.44. The average Bonchev–Trinajstić information content (AvgIpc) is 2.87. The largest absolute Gasteiger partial charge is 0.273 e. The summed E-state index contributed by atoms with van der Waals surface area (Å²) in [5.74, 6) is 0.152. The molecule has 0 unspecified atom stereocenters. The number of nitrogens with zero attached hydrogens (tertiary/aromatic N) is 3. The summed E-state index contributed by atoms with van der Waals surface area (Å²) in [6.45, 7) is 0.356. The highest BCUT2D eigenvalue weighted by Crippen LogP contribution is 2.26. The summed E-state index contributed by atoms with van der Waals surface area (Å²) in [5.41, 5.74) is 1.86. The molecule has 1 aliphatic heterocycles. The molecule has 0 N–H and O–H groups in total. The van der Waals surface area contributed by atoms with Crippen molar-refractivity contribution in [2.24, 2.45) is 0 Å². The SMILES string of the molecule is O=C1c2ccccc2C(=O)N1CCSc1ncnc2ccccc12. The fourth-order valence-corrected chi connectivity index (χ4v) is 3.69. The molecule has 6 heteroatoms. The maximum absolute atomic E-state index is 12.3. The van der Waals surface area contributed by atoms with E-state index in [2.05, 4.69) is 9.97 Å². The van der Waals surface area contributed by atoms with Crippen molar-refractivity contribution >= 4 is 34.5 Å². The summed E-state index contributed by atoms with van der Waals surface area (Å²) in [4.78, 5) is 34.5. The van der Waals surface area contributed by atoms with Crippen molar-refractivity contribution < 1.29 is 9.59 Å². The summed E-state index contributed by atoms with van der Waals surface area (Å²) in [5, 5.41) is 1.84. The van der Waals surface area contributed by atoms with Gasteiger partial charge in [-0.1, -0.05) is 30.3 Å². The van der Waals surface area contributed by atoms with Crippen LogP contribution in [0, 0.1) is 0 Å². The predicted octanol–water partition coefficient (Wildman–Crippen LogP) is 3.02. The van der Waals surface area contributed by atoms with Gasteiger partial charge in [-0.2, -0.15) is 0 Å². The third-order valence-corrected chi connectivity index (χ3v) is 4.92. The number of rotatable bonds is 4. The maximum atomic E-state index is 12.3. The van der Waals surface area contributed by atoms with Crippen LogP contribution < -0.4 is 0 Å². The van der Waals surface area contributed by atoms with Gasteiger partial charge in [-0.25, -0.2) is 9.97 Å². The molecule has 0 fully saturated rings. The lowest BCUT2D eigenvalue weighted by molar-refractivity contribution is 0.0664. The first-order valence-corrected chi connectivity index (χ1v) is 8.52.